The van der Waals surface area contributed by atoms with Crippen LogP contribution in [0.15, 0.2) is 24.3 Å². The van der Waals surface area contributed by atoms with Gasteiger partial charge in [0.25, 0.3) is 11.8 Å². The molecule has 1 saturated heterocycles. The Morgan fingerprint density at radius 1 is 1.21 bits per heavy atom. The van der Waals surface area contributed by atoms with Crippen molar-refractivity contribution in [3.05, 3.63) is 35.4 Å². The molecule has 100 valence electrons. The highest BCUT2D eigenvalue weighted by atomic mass is 32.2. The van der Waals surface area contributed by atoms with Crippen LogP contribution in [0.25, 0.3) is 0 Å². The summed E-state index contributed by atoms with van der Waals surface area (Å²) in [7, 11) is 0. The predicted octanol–water partition coefficient (Wildman–Crippen LogP) is 2.15. The summed E-state index contributed by atoms with van der Waals surface area (Å²) < 4.78 is 5.52. The Morgan fingerprint density at radius 3 is 2.47 bits per heavy atom. The van der Waals surface area contributed by atoms with Crippen molar-refractivity contribution in [2.45, 2.75) is 18.9 Å². The van der Waals surface area contributed by atoms with E-state index in [1.807, 2.05) is 0 Å². The van der Waals surface area contributed by atoms with E-state index in [0.29, 0.717) is 17.0 Å². The number of hydrogen-bond donors (Lipinski definition) is 0. The lowest BCUT2D eigenvalue weighted by Crippen LogP contribution is -2.30. The van der Waals surface area contributed by atoms with Crippen molar-refractivity contribution in [3.63, 3.8) is 0 Å². The molecular weight excluding hydrogens is 262 g/mol. The van der Waals surface area contributed by atoms with Crippen LogP contribution in [0.4, 0.5) is 0 Å². The molecule has 0 N–H and O–H groups in total. The number of ether oxygens (including phenoxy) is 1. The Labute approximate surface area is 116 Å². The van der Waals surface area contributed by atoms with Crippen LogP contribution in [-0.4, -0.2) is 41.1 Å². The van der Waals surface area contributed by atoms with Crippen LogP contribution >= 0.6 is 11.8 Å². The first-order chi connectivity index (χ1) is 9.27. The second-order valence-electron chi connectivity index (χ2n) is 4.72. The highest BCUT2D eigenvalue weighted by molar-refractivity contribution is 7.99. The zero-order valence-electron chi connectivity index (χ0n) is 10.5. The lowest BCUT2D eigenvalue weighted by atomic mass is 10.1. The molecule has 0 spiro atoms. The SMILES string of the molecule is O=C1c2ccccc2C(=O)N1CSC[C@@H]1CCCO1. The molecule has 0 saturated carbocycles. The highest BCUT2D eigenvalue weighted by Crippen LogP contribution is 2.25. The molecule has 2 amide bonds. The maximum absolute atomic E-state index is 12.1. The molecular formula is C14H15NO3S. The van der Waals surface area contributed by atoms with Gasteiger partial charge in [0, 0.05) is 12.4 Å². The third-order valence-electron chi connectivity index (χ3n) is 3.43. The summed E-state index contributed by atoms with van der Waals surface area (Å²) in [5, 5.41) is 0. The molecule has 0 radical (unpaired) electrons. The number of imide groups is 1. The van der Waals surface area contributed by atoms with Crippen molar-refractivity contribution >= 4 is 23.6 Å². The average Bonchev–Trinajstić information content (AvgIpc) is 3.02. The van der Waals surface area contributed by atoms with Gasteiger partial charge in [0.15, 0.2) is 0 Å². The van der Waals surface area contributed by atoms with Gasteiger partial charge in [0.05, 0.1) is 23.1 Å². The lowest BCUT2D eigenvalue weighted by Gasteiger charge is -2.15. The van der Waals surface area contributed by atoms with Crippen LogP contribution in [0.3, 0.4) is 0 Å². The number of fused-ring (bicyclic) bond motifs is 1. The number of thioether (sulfide) groups is 1. The van der Waals surface area contributed by atoms with Crippen molar-refractivity contribution < 1.29 is 14.3 Å². The Morgan fingerprint density at radius 2 is 1.89 bits per heavy atom. The first-order valence-corrected chi connectivity index (χ1v) is 7.57. The average molecular weight is 277 g/mol. The molecule has 0 bridgehead atoms. The van der Waals surface area contributed by atoms with Crippen LogP contribution in [0, 0.1) is 0 Å². The van der Waals surface area contributed by atoms with Gasteiger partial charge in [-0.25, -0.2) is 0 Å². The van der Waals surface area contributed by atoms with Crippen molar-refractivity contribution in [2.75, 3.05) is 18.2 Å². The normalized spacial score (nSPS) is 22.1. The maximum atomic E-state index is 12.1. The summed E-state index contributed by atoms with van der Waals surface area (Å²) >= 11 is 1.59. The Bertz CT molecular complexity index is 476. The fraction of sp³-hybridized carbons (Fsp3) is 0.429. The predicted molar refractivity (Wildman–Crippen MR) is 73.2 cm³/mol. The van der Waals surface area contributed by atoms with Crippen molar-refractivity contribution in [2.24, 2.45) is 0 Å². The molecule has 3 rings (SSSR count). The van der Waals surface area contributed by atoms with Crippen LogP contribution in [-0.2, 0) is 4.74 Å². The molecule has 5 heteroatoms. The highest BCUT2D eigenvalue weighted by Gasteiger charge is 2.34. The summed E-state index contributed by atoms with van der Waals surface area (Å²) in [6, 6.07) is 6.99. The first kappa shape index (κ1) is 12.7. The number of amides is 2. The standard InChI is InChI=1S/C14H15NO3S/c16-13-11-5-1-2-6-12(11)14(17)15(13)9-19-8-10-4-3-7-18-10/h1-2,5-6,10H,3-4,7-9H2/t10-/m0/s1. The van der Waals surface area contributed by atoms with Crippen LogP contribution in [0.5, 0.6) is 0 Å². The van der Waals surface area contributed by atoms with Crippen molar-refractivity contribution in [1.29, 1.82) is 0 Å². The van der Waals surface area contributed by atoms with Gasteiger partial charge in [-0.05, 0) is 25.0 Å². The second-order valence-corrected chi connectivity index (χ2v) is 5.72. The Hall–Kier alpha value is -1.33. The summed E-state index contributed by atoms with van der Waals surface area (Å²) in [4.78, 5) is 25.5. The molecule has 0 aromatic heterocycles. The van der Waals surface area contributed by atoms with Gasteiger partial charge < -0.3 is 4.74 Å². The van der Waals surface area contributed by atoms with Crippen molar-refractivity contribution in [3.8, 4) is 0 Å². The van der Waals surface area contributed by atoms with E-state index < -0.39 is 0 Å². The Balaban J connectivity index is 1.60. The molecule has 2 aliphatic rings. The van der Waals surface area contributed by atoms with Gasteiger partial charge in [0.1, 0.15) is 0 Å². The molecule has 0 unspecified atom stereocenters. The molecule has 2 aliphatic heterocycles. The third kappa shape index (κ3) is 2.40. The van der Waals surface area contributed by atoms with E-state index in [0.717, 1.165) is 25.2 Å². The third-order valence-corrected chi connectivity index (χ3v) is 4.47. The Kier molecular flexibility index (Phi) is 3.57. The zero-order valence-corrected chi connectivity index (χ0v) is 11.3. The van der Waals surface area contributed by atoms with E-state index >= 15 is 0 Å². The van der Waals surface area contributed by atoms with Gasteiger partial charge in [-0.1, -0.05) is 12.1 Å². The van der Waals surface area contributed by atoms with E-state index in [1.165, 1.54) is 4.90 Å². The minimum atomic E-state index is -0.180. The van der Waals surface area contributed by atoms with Gasteiger partial charge in [-0.15, -0.1) is 11.8 Å². The zero-order chi connectivity index (χ0) is 13.2. The monoisotopic (exact) mass is 277 g/mol. The van der Waals surface area contributed by atoms with Crippen molar-refractivity contribution in [1.82, 2.24) is 4.90 Å². The molecule has 4 nitrogen and oxygen atoms in total. The number of carbonyl (C=O) groups excluding carboxylic acids is 2. The quantitative estimate of drug-likeness (QED) is 0.791. The summed E-state index contributed by atoms with van der Waals surface area (Å²) in [6.07, 6.45) is 2.47. The minimum absolute atomic E-state index is 0.180. The number of hydrogen-bond acceptors (Lipinski definition) is 4. The number of carbonyl (C=O) groups is 2. The second kappa shape index (κ2) is 5.35. The van der Waals surface area contributed by atoms with Gasteiger partial charge >= 0.3 is 0 Å². The first-order valence-electron chi connectivity index (χ1n) is 6.42. The van der Waals surface area contributed by atoms with Gasteiger partial charge in [0.2, 0.25) is 0 Å². The fourth-order valence-corrected chi connectivity index (χ4v) is 3.46. The van der Waals surface area contributed by atoms with Crippen LogP contribution in [0.2, 0.25) is 0 Å². The number of benzene rings is 1. The van der Waals surface area contributed by atoms with Gasteiger partial charge in [-0.2, -0.15) is 0 Å². The smallest absolute Gasteiger partial charge is 0.262 e. The molecule has 2 heterocycles. The molecule has 1 aromatic carbocycles. The largest absolute Gasteiger partial charge is 0.377 e. The molecule has 1 fully saturated rings. The summed E-state index contributed by atoms with van der Waals surface area (Å²) in [5.74, 6) is 0.889. The van der Waals surface area contributed by atoms with E-state index in [4.69, 9.17) is 4.74 Å². The lowest BCUT2D eigenvalue weighted by molar-refractivity contribution is 0.0683. The minimum Gasteiger partial charge on any atom is -0.377 e. The maximum Gasteiger partial charge on any atom is 0.262 e. The molecule has 1 aromatic rings. The molecule has 1 atom stereocenters. The summed E-state index contributed by atoms with van der Waals surface area (Å²) in [5.41, 5.74) is 1.04. The topological polar surface area (TPSA) is 46.6 Å². The number of nitrogens with zero attached hydrogens (tertiary/aromatic N) is 1. The van der Waals surface area contributed by atoms with Gasteiger partial charge in [-0.3, -0.25) is 14.5 Å². The van der Waals surface area contributed by atoms with E-state index in [2.05, 4.69) is 0 Å². The van der Waals surface area contributed by atoms with E-state index in [1.54, 1.807) is 36.0 Å². The molecule has 0 aliphatic carbocycles. The molecule has 19 heavy (non-hydrogen) atoms. The fourth-order valence-electron chi connectivity index (χ4n) is 2.41. The van der Waals surface area contributed by atoms with E-state index in [-0.39, 0.29) is 17.9 Å². The number of rotatable bonds is 4. The van der Waals surface area contributed by atoms with E-state index in [9.17, 15) is 9.59 Å². The summed E-state index contributed by atoms with van der Waals surface area (Å²) in [6.45, 7) is 0.832. The van der Waals surface area contributed by atoms with Crippen LogP contribution in [0.1, 0.15) is 33.6 Å². The van der Waals surface area contributed by atoms with Crippen LogP contribution < -0.4 is 0 Å².